The van der Waals surface area contributed by atoms with Crippen LogP contribution >= 0.6 is 0 Å². The second-order valence-corrected chi connectivity index (χ2v) is 8.65. The van der Waals surface area contributed by atoms with E-state index in [0.29, 0.717) is 29.1 Å². The number of carbonyl (C=O) groups excluding carboxylic acids is 1. The van der Waals surface area contributed by atoms with Gasteiger partial charge in [0.15, 0.2) is 0 Å². The van der Waals surface area contributed by atoms with E-state index in [-0.39, 0.29) is 10.9 Å². The summed E-state index contributed by atoms with van der Waals surface area (Å²) in [5.41, 5.74) is 6.71. The zero-order valence-electron chi connectivity index (χ0n) is 14.2. The van der Waals surface area contributed by atoms with Crippen LogP contribution in [0.2, 0.25) is 0 Å². The molecule has 2 aromatic rings. The second kappa shape index (κ2) is 7.84. The molecule has 2 unspecified atom stereocenters. The number of carboxylic acid groups (broad SMARTS) is 1. The molecule has 2 aromatic heterocycles. The Kier molecular flexibility index (Phi) is 5.73. The van der Waals surface area contributed by atoms with Crippen LogP contribution in [0.1, 0.15) is 12.6 Å². The highest BCUT2D eigenvalue weighted by Gasteiger charge is 2.49. The van der Waals surface area contributed by atoms with Crippen molar-refractivity contribution in [2.75, 3.05) is 17.8 Å². The first-order valence-corrected chi connectivity index (χ1v) is 10.1. The lowest BCUT2D eigenvalue weighted by molar-refractivity contribution is -0.743. The lowest BCUT2D eigenvalue weighted by Crippen LogP contribution is -2.45. The number of aromatic amines is 1. The molecule has 1 saturated heterocycles. The van der Waals surface area contributed by atoms with E-state index in [9.17, 15) is 20.1 Å². The molecule has 1 aliphatic rings. The molecule has 10 nitrogen and oxygen atoms in total. The highest BCUT2D eigenvalue weighted by Crippen LogP contribution is 2.27. The Balaban J connectivity index is 1.65. The van der Waals surface area contributed by atoms with E-state index in [2.05, 4.69) is 15.0 Å². The zero-order valence-corrected chi connectivity index (χ0v) is 15.0. The first-order valence-electron chi connectivity index (χ1n) is 8.14. The van der Waals surface area contributed by atoms with Crippen molar-refractivity contribution in [3.63, 3.8) is 0 Å². The fraction of sp³-hybridized carbons (Fsp3) is 0.600. The van der Waals surface area contributed by atoms with Crippen molar-refractivity contribution in [1.82, 2.24) is 15.0 Å². The smallest absolute Gasteiger partial charge is 0.269 e. The first-order chi connectivity index (χ1) is 12.4. The highest BCUT2D eigenvalue weighted by atomic mass is 32.2. The van der Waals surface area contributed by atoms with Crippen LogP contribution in [0.3, 0.4) is 0 Å². The van der Waals surface area contributed by atoms with Gasteiger partial charge in [0.25, 0.3) is 5.65 Å². The molecule has 3 rings (SSSR count). The third-order valence-electron chi connectivity index (χ3n) is 4.45. The predicted octanol–water partition coefficient (Wildman–Crippen LogP) is -3.42. The van der Waals surface area contributed by atoms with Crippen LogP contribution in [0.4, 0.5) is 0 Å². The van der Waals surface area contributed by atoms with Gasteiger partial charge in [0.1, 0.15) is 36.1 Å². The van der Waals surface area contributed by atoms with Gasteiger partial charge in [0, 0.05) is 12.5 Å². The Morgan fingerprint density at radius 3 is 3.04 bits per heavy atom. The van der Waals surface area contributed by atoms with Gasteiger partial charge in [-0.25, -0.2) is 9.97 Å². The summed E-state index contributed by atoms with van der Waals surface area (Å²) in [6.45, 7) is 0. The molecule has 1 fully saturated rings. The standard InChI is InChI=1S/C15H21N5O5S/c1-26(3-2-8(16)15(23)24)5-10-11(21)12(22)14(25-10)20-7-19-13-9(20)4-17-6-18-13/h4,6-8,10-12,14,21-22H,2-3,5,16H2,1H3/p+1/t8-,10+,11-,12?,14+,26?/m0/s1. The topological polar surface area (TPSA) is 161 Å². The van der Waals surface area contributed by atoms with Gasteiger partial charge >= 0.3 is 0 Å². The summed E-state index contributed by atoms with van der Waals surface area (Å²) in [7, 11) is -0.230. The minimum atomic E-state index is -1.27. The number of nitrogens with two attached hydrogens (primary N) is 1. The van der Waals surface area contributed by atoms with Crippen molar-refractivity contribution >= 4 is 28.0 Å². The van der Waals surface area contributed by atoms with Crippen LogP contribution in [0.15, 0.2) is 18.9 Å². The number of aliphatic hydroxyl groups is 2. The molecule has 5 N–H and O–H groups in total. The van der Waals surface area contributed by atoms with E-state index in [4.69, 9.17) is 10.5 Å². The molecular formula is C15H22N5O5S+. The van der Waals surface area contributed by atoms with Crippen molar-refractivity contribution in [2.24, 2.45) is 5.73 Å². The maximum Gasteiger partial charge on any atom is 0.269 e. The number of ether oxygens (including phenoxy) is 1. The monoisotopic (exact) mass is 384 g/mol. The van der Waals surface area contributed by atoms with Crippen molar-refractivity contribution in [3.8, 4) is 0 Å². The average molecular weight is 384 g/mol. The van der Waals surface area contributed by atoms with Gasteiger partial charge < -0.3 is 30.6 Å². The number of nitrogens with zero attached hydrogens (tertiary/aromatic N) is 3. The number of hydrogen-bond donors (Lipinski definition) is 4. The third-order valence-corrected chi connectivity index (χ3v) is 6.28. The molecule has 0 saturated carbocycles. The largest absolute Gasteiger partial charge is 0.548 e. The molecule has 0 bridgehead atoms. The molecule has 0 aliphatic carbocycles. The van der Waals surface area contributed by atoms with Gasteiger partial charge in [-0.3, -0.25) is 0 Å². The van der Waals surface area contributed by atoms with Crippen molar-refractivity contribution < 1.29 is 29.4 Å². The molecule has 11 heteroatoms. The van der Waals surface area contributed by atoms with E-state index in [1.54, 1.807) is 17.1 Å². The molecule has 0 spiro atoms. The van der Waals surface area contributed by atoms with Crippen molar-refractivity contribution in [2.45, 2.75) is 37.0 Å². The first kappa shape index (κ1) is 19.0. The number of carboxylic acids is 1. The van der Waals surface area contributed by atoms with Crippen LogP contribution < -0.4 is 15.4 Å². The lowest BCUT2D eigenvalue weighted by Gasteiger charge is -2.15. The van der Waals surface area contributed by atoms with Gasteiger partial charge in [0.2, 0.25) is 18.1 Å². The second-order valence-electron chi connectivity index (χ2n) is 6.35. The summed E-state index contributed by atoms with van der Waals surface area (Å²) < 4.78 is 7.55. The van der Waals surface area contributed by atoms with Gasteiger partial charge in [-0.15, -0.1) is 0 Å². The van der Waals surface area contributed by atoms with Gasteiger partial charge in [-0.1, -0.05) is 0 Å². The van der Waals surface area contributed by atoms with Crippen LogP contribution in [-0.2, 0) is 20.4 Å². The number of carbonyl (C=O) groups is 1. The van der Waals surface area contributed by atoms with E-state index in [1.807, 2.05) is 6.26 Å². The highest BCUT2D eigenvalue weighted by molar-refractivity contribution is 7.96. The minimum Gasteiger partial charge on any atom is -0.548 e. The van der Waals surface area contributed by atoms with Crippen LogP contribution in [0.5, 0.6) is 0 Å². The number of aromatic nitrogens is 4. The number of hydrogen-bond acceptors (Lipinski definition) is 8. The zero-order chi connectivity index (χ0) is 18.8. The van der Waals surface area contributed by atoms with Crippen LogP contribution in [0, 0.1) is 0 Å². The third kappa shape index (κ3) is 3.81. The molecule has 142 valence electrons. The fourth-order valence-corrected chi connectivity index (χ4v) is 4.60. The molecule has 0 aromatic carbocycles. The summed E-state index contributed by atoms with van der Waals surface area (Å²) in [6, 6.07) is -1.00. The number of imidazole rings is 1. The molecular weight excluding hydrogens is 362 g/mol. The number of nitrogens with one attached hydrogen (secondary N) is 1. The molecule has 26 heavy (non-hydrogen) atoms. The normalized spacial score (nSPS) is 28.3. The minimum absolute atomic E-state index is 0.230. The lowest BCUT2D eigenvalue weighted by atomic mass is 10.1. The summed E-state index contributed by atoms with van der Waals surface area (Å²) in [5.74, 6) is -0.197. The van der Waals surface area contributed by atoms with E-state index in [0.717, 1.165) is 0 Å². The van der Waals surface area contributed by atoms with Crippen LogP contribution in [0.25, 0.3) is 11.2 Å². The summed E-state index contributed by atoms with van der Waals surface area (Å²) in [4.78, 5) is 21.7. The summed E-state index contributed by atoms with van der Waals surface area (Å²) >= 11 is 0. The van der Waals surface area contributed by atoms with Crippen molar-refractivity contribution in [3.05, 3.63) is 18.9 Å². The summed E-state index contributed by atoms with van der Waals surface area (Å²) in [6.07, 6.45) is 3.39. The van der Waals surface area contributed by atoms with E-state index >= 15 is 0 Å². The van der Waals surface area contributed by atoms with Crippen LogP contribution in [-0.4, -0.2) is 73.2 Å². The Hall–Kier alpha value is -1.79. The Morgan fingerprint density at radius 2 is 2.31 bits per heavy atom. The van der Waals surface area contributed by atoms with E-state index in [1.165, 1.54) is 6.33 Å². The van der Waals surface area contributed by atoms with Crippen molar-refractivity contribution in [1.29, 1.82) is 0 Å². The number of rotatable bonds is 7. The maximum atomic E-state index is 10.7. The number of fused-ring (bicyclic) bond motifs is 1. The van der Waals surface area contributed by atoms with Gasteiger partial charge in [0.05, 0.1) is 18.4 Å². The average Bonchev–Trinajstić information content (AvgIpc) is 3.16. The molecule has 0 radical (unpaired) electrons. The molecule has 6 atom stereocenters. The fourth-order valence-electron chi connectivity index (χ4n) is 2.94. The SMILES string of the molecule is C[S+](CC[C@H](N)C(=O)[O-])C[C@H]1O[C@@H]([n+]2c[nH]c3ncncc32)C(O)[C@H]1O. The predicted molar refractivity (Wildman–Crippen MR) is 90.6 cm³/mol. The number of aliphatic carboxylic acids is 1. The van der Waals surface area contributed by atoms with E-state index < -0.39 is 36.6 Å². The summed E-state index contributed by atoms with van der Waals surface area (Å²) in [5, 5.41) is 31.5. The number of H-pyrrole nitrogens is 1. The quantitative estimate of drug-likeness (QED) is 0.283. The molecule has 1 aliphatic heterocycles. The maximum absolute atomic E-state index is 10.7. The molecule has 3 heterocycles. The Bertz CT molecular complexity index is 774. The number of aliphatic hydroxyl groups excluding tert-OH is 2. The van der Waals surface area contributed by atoms with Gasteiger partial charge in [-0.2, -0.15) is 9.55 Å². The molecule has 0 amide bonds. The Morgan fingerprint density at radius 1 is 1.54 bits per heavy atom. The van der Waals surface area contributed by atoms with Gasteiger partial charge in [-0.05, 0) is 10.9 Å². The Labute approximate surface area is 152 Å².